The van der Waals surface area contributed by atoms with Gasteiger partial charge in [0.2, 0.25) is 0 Å². The fourth-order valence-electron chi connectivity index (χ4n) is 3.10. The van der Waals surface area contributed by atoms with Crippen LogP contribution in [-0.2, 0) is 4.74 Å². The maximum Gasteiger partial charge on any atom is 0.254 e. The van der Waals surface area contributed by atoms with Crippen LogP contribution in [0.4, 0.5) is 0 Å². The van der Waals surface area contributed by atoms with Gasteiger partial charge in [0.1, 0.15) is 0 Å². The van der Waals surface area contributed by atoms with Gasteiger partial charge in [-0.25, -0.2) is 0 Å². The third kappa shape index (κ3) is 3.08. The van der Waals surface area contributed by atoms with Crippen molar-refractivity contribution in [3.8, 4) is 11.3 Å². The van der Waals surface area contributed by atoms with Gasteiger partial charge in [0.05, 0.1) is 24.4 Å². The van der Waals surface area contributed by atoms with Crippen molar-refractivity contribution in [2.24, 2.45) is 0 Å². The summed E-state index contributed by atoms with van der Waals surface area (Å²) in [7, 11) is 0. The summed E-state index contributed by atoms with van der Waals surface area (Å²) >= 11 is 0. The Hall–Kier alpha value is -2.86. The summed E-state index contributed by atoms with van der Waals surface area (Å²) in [6.07, 6.45) is 1.65. The predicted octanol–water partition coefficient (Wildman–Crippen LogP) is 2.47. The van der Waals surface area contributed by atoms with E-state index in [1.165, 1.54) is 0 Å². The highest BCUT2D eigenvalue weighted by Gasteiger charge is 2.19. The summed E-state index contributed by atoms with van der Waals surface area (Å²) in [5, 5.41) is 9.09. The number of amides is 1. The Morgan fingerprint density at radius 3 is 2.76 bits per heavy atom. The lowest BCUT2D eigenvalue weighted by molar-refractivity contribution is 0.0303. The van der Waals surface area contributed by atoms with Gasteiger partial charge in [-0.1, -0.05) is 0 Å². The van der Waals surface area contributed by atoms with Gasteiger partial charge in [-0.05, 0) is 43.3 Å². The molecular weight excluding hydrogens is 316 g/mol. The Kier molecular flexibility index (Phi) is 4.11. The van der Waals surface area contributed by atoms with E-state index in [1.54, 1.807) is 6.20 Å². The van der Waals surface area contributed by atoms with Crippen molar-refractivity contribution < 1.29 is 9.53 Å². The number of fused-ring (bicyclic) bond motifs is 1. The molecule has 6 nitrogen and oxygen atoms in total. The van der Waals surface area contributed by atoms with Crippen molar-refractivity contribution in [1.82, 2.24) is 20.1 Å². The van der Waals surface area contributed by atoms with Crippen LogP contribution in [0.5, 0.6) is 0 Å². The molecule has 4 rings (SSSR count). The molecule has 0 spiro atoms. The first kappa shape index (κ1) is 15.7. The number of rotatable bonds is 2. The van der Waals surface area contributed by atoms with Crippen molar-refractivity contribution >= 4 is 16.8 Å². The third-order valence-electron chi connectivity index (χ3n) is 4.33. The first-order valence-electron chi connectivity index (χ1n) is 8.29. The molecule has 0 radical (unpaired) electrons. The minimum absolute atomic E-state index is 0.0240. The average molecular weight is 334 g/mol. The molecule has 1 saturated heterocycles. The molecule has 6 heteroatoms. The summed E-state index contributed by atoms with van der Waals surface area (Å²) in [5.74, 6) is 0.0240. The van der Waals surface area contributed by atoms with Gasteiger partial charge in [0, 0.05) is 41.5 Å². The van der Waals surface area contributed by atoms with Gasteiger partial charge < -0.3 is 9.64 Å². The smallest absolute Gasteiger partial charge is 0.254 e. The fraction of sp³-hybridized carbons (Fsp3) is 0.263. The van der Waals surface area contributed by atoms with Crippen molar-refractivity contribution in [2.75, 3.05) is 26.3 Å². The molecule has 1 aliphatic rings. The van der Waals surface area contributed by atoms with E-state index >= 15 is 0 Å². The van der Waals surface area contributed by atoms with Crippen LogP contribution in [0.1, 0.15) is 16.1 Å². The Bertz CT molecular complexity index is 921. The maximum absolute atomic E-state index is 12.8. The molecule has 2 aromatic heterocycles. The van der Waals surface area contributed by atoms with E-state index in [4.69, 9.17) is 4.74 Å². The highest BCUT2D eigenvalue weighted by Crippen LogP contribution is 2.28. The number of pyridine rings is 1. The summed E-state index contributed by atoms with van der Waals surface area (Å²) < 4.78 is 5.33. The number of carbonyl (C=O) groups excluding carboxylic acids is 1. The number of nitrogens with zero attached hydrogens (tertiary/aromatic N) is 4. The van der Waals surface area contributed by atoms with E-state index in [-0.39, 0.29) is 5.91 Å². The van der Waals surface area contributed by atoms with Crippen LogP contribution in [0.25, 0.3) is 22.2 Å². The van der Waals surface area contributed by atoms with E-state index < -0.39 is 0 Å². The second-order valence-corrected chi connectivity index (χ2v) is 6.06. The molecule has 1 amide bonds. The number of carbonyl (C=O) groups is 1. The van der Waals surface area contributed by atoms with Gasteiger partial charge in [-0.15, -0.1) is 0 Å². The minimum atomic E-state index is 0.0240. The predicted molar refractivity (Wildman–Crippen MR) is 94.2 cm³/mol. The van der Waals surface area contributed by atoms with E-state index in [0.717, 1.165) is 27.9 Å². The normalized spacial score (nSPS) is 14.7. The van der Waals surface area contributed by atoms with Crippen LogP contribution in [0.2, 0.25) is 0 Å². The molecule has 1 aromatic carbocycles. The lowest BCUT2D eigenvalue weighted by Gasteiger charge is -2.27. The number of ether oxygens (including phenoxy) is 1. The van der Waals surface area contributed by atoms with Crippen LogP contribution in [0.15, 0.2) is 42.6 Å². The van der Waals surface area contributed by atoms with Crippen LogP contribution in [0, 0.1) is 6.92 Å². The number of morpholine rings is 1. The van der Waals surface area contributed by atoms with Crippen LogP contribution < -0.4 is 0 Å². The second kappa shape index (κ2) is 6.57. The van der Waals surface area contributed by atoms with Crippen molar-refractivity contribution in [1.29, 1.82) is 0 Å². The van der Waals surface area contributed by atoms with Crippen molar-refractivity contribution in [2.45, 2.75) is 6.92 Å². The quantitative estimate of drug-likeness (QED) is 0.720. The maximum atomic E-state index is 12.8. The molecule has 1 fully saturated rings. The molecule has 0 unspecified atom stereocenters. The van der Waals surface area contributed by atoms with Gasteiger partial charge in [0.25, 0.3) is 5.91 Å². The number of hydrogen-bond donors (Lipinski definition) is 0. The van der Waals surface area contributed by atoms with Crippen LogP contribution >= 0.6 is 0 Å². The summed E-state index contributed by atoms with van der Waals surface area (Å²) in [6.45, 7) is 4.38. The van der Waals surface area contributed by atoms with E-state index in [1.807, 2.05) is 48.2 Å². The zero-order valence-electron chi connectivity index (χ0n) is 14.0. The molecule has 126 valence electrons. The van der Waals surface area contributed by atoms with Crippen LogP contribution in [-0.4, -0.2) is 52.3 Å². The summed E-state index contributed by atoms with van der Waals surface area (Å²) in [4.78, 5) is 19.2. The first-order chi connectivity index (χ1) is 12.2. The SMILES string of the molecule is Cc1cc(-c2cccnn2)c2cc(C(=O)N3CCOCC3)ccc2n1. The number of aromatic nitrogens is 3. The Balaban J connectivity index is 1.81. The molecule has 0 saturated carbocycles. The largest absolute Gasteiger partial charge is 0.378 e. The van der Waals surface area contributed by atoms with Crippen molar-refractivity contribution in [3.63, 3.8) is 0 Å². The molecule has 25 heavy (non-hydrogen) atoms. The Morgan fingerprint density at radius 2 is 2.00 bits per heavy atom. The van der Waals surface area contributed by atoms with Gasteiger partial charge in [-0.3, -0.25) is 9.78 Å². The average Bonchev–Trinajstić information content (AvgIpc) is 2.68. The van der Waals surface area contributed by atoms with E-state index in [9.17, 15) is 4.79 Å². The highest BCUT2D eigenvalue weighted by atomic mass is 16.5. The van der Waals surface area contributed by atoms with Gasteiger partial charge in [-0.2, -0.15) is 10.2 Å². The molecule has 3 aromatic rings. The fourth-order valence-corrected chi connectivity index (χ4v) is 3.10. The summed E-state index contributed by atoms with van der Waals surface area (Å²) in [6, 6.07) is 11.4. The van der Waals surface area contributed by atoms with E-state index in [2.05, 4.69) is 15.2 Å². The lowest BCUT2D eigenvalue weighted by Crippen LogP contribution is -2.40. The number of hydrogen-bond acceptors (Lipinski definition) is 5. The van der Waals surface area contributed by atoms with E-state index in [0.29, 0.717) is 31.9 Å². The highest BCUT2D eigenvalue weighted by molar-refractivity contribution is 6.01. The van der Waals surface area contributed by atoms with Gasteiger partial charge in [0.15, 0.2) is 0 Å². The molecule has 0 bridgehead atoms. The molecule has 0 aliphatic carbocycles. The standard InChI is InChI=1S/C19H18N4O2/c1-13-11-15(18-3-2-6-20-22-18)16-12-14(4-5-17(16)21-13)19(24)23-7-9-25-10-8-23/h2-6,11-12H,7-10H2,1H3. The third-order valence-corrected chi connectivity index (χ3v) is 4.33. The van der Waals surface area contributed by atoms with Crippen molar-refractivity contribution in [3.05, 3.63) is 53.9 Å². The molecule has 3 heterocycles. The molecule has 1 aliphatic heterocycles. The number of benzene rings is 1. The topological polar surface area (TPSA) is 68.2 Å². The van der Waals surface area contributed by atoms with Gasteiger partial charge >= 0.3 is 0 Å². The molecule has 0 atom stereocenters. The zero-order chi connectivity index (χ0) is 17.2. The summed E-state index contributed by atoms with van der Waals surface area (Å²) in [5.41, 5.74) is 4.12. The lowest BCUT2D eigenvalue weighted by atomic mass is 10.0. The monoisotopic (exact) mass is 334 g/mol. The Morgan fingerprint density at radius 1 is 1.16 bits per heavy atom. The Labute approximate surface area is 145 Å². The van der Waals surface area contributed by atoms with Crippen LogP contribution in [0.3, 0.4) is 0 Å². The molecular formula is C19H18N4O2. The first-order valence-corrected chi connectivity index (χ1v) is 8.29. The second-order valence-electron chi connectivity index (χ2n) is 6.06. The number of aryl methyl sites for hydroxylation is 1. The molecule has 0 N–H and O–H groups in total. The minimum Gasteiger partial charge on any atom is -0.378 e. The zero-order valence-corrected chi connectivity index (χ0v) is 14.0.